The number of ether oxygens (including phenoxy) is 2. The summed E-state index contributed by atoms with van der Waals surface area (Å²) in [5.74, 6) is 0.237. The number of nitrogens with one attached hydrogen (secondary N) is 1. The SMILES string of the molecule is CC1(C)CNCC(COc2cc([N+](=O)[O-])ccn2)O1. The second kappa shape index (κ2) is 5.50. The zero-order valence-electron chi connectivity index (χ0n) is 11.0. The summed E-state index contributed by atoms with van der Waals surface area (Å²) in [4.78, 5) is 14.1. The monoisotopic (exact) mass is 267 g/mol. The number of rotatable bonds is 4. The van der Waals surface area contributed by atoms with Crippen molar-refractivity contribution in [1.29, 1.82) is 0 Å². The topological polar surface area (TPSA) is 86.5 Å². The Balaban J connectivity index is 1.91. The molecule has 104 valence electrons. The van der Waals surface area contributed by atoms with Crippen molar-refractivity contribution < 1.29 is 14.4 Å². The van der Waals surface area contributed by atoms with Gasteiger partial charge < -0.3 is 14.8 Å². The third-order valence-corrected chi connectivity index (χ3v) is 2.75. The van der Waals surface area contributed by atoms with Crippen molar-refractivity contribution in [3.05, 3.63) is 28.4 Å². The van der Waals surface area contributed by atoms with E-state index in [2.05, 4.69) is 10.3 Å². The maximum Gasteiger partial charge on any atom is 0.276 e. The van der Waals surface area contributed by atoms with E-state index in [1.807, 2.05) is 13.8 Å². The highest BCUT2D eigenvalue weighted by atomic mass is 16.6. The van der Waals surface area contributed by atoms with Gasteiger partial charge in [0.2, 0.25) is 5.88 Å². The number of nitrogens with zero attached hydrogens (tertiary/aromatic N) is 2. The summed E-state index contributed by atoms with van der Waals surface area (Å²) >= 11 is 0. The predicted molar refractivity (Wildman–Crippen MR) is 68.2 cm³/mol. The fraction of sp³-hybridized carbons (Fsp3) is 0.583. The molecule has 0 bridgehead atoms. The summed E-state index contributed by atoms with van der Waals surface area (Å²) in [5.41, 5.74) is -0.268. The van der Waals surface area contributed by atoms with Crippen LogP contribution in [-0.2, 0) is 4.74 Å². The molecule has 1 aliphatic heterocycles. The van der Waals surface area contributed by atoms with E-state index in [1.165, 1.54) is 18.3 Å². The van der Waals surface area contributed by atoms with Crippen molar-refractivity contribution in [3.8, 4) is 5.88 Å². The van der Waals surface area contributed by atoms with Gasteiger partial charge in [0.05, 0.1) is 16.6 Å². The first kappa shape index (κ1) is 13.7. The molecule has 1 N–H and O–H groups in total. The minimum absolute atomic E-state index is 0.0342. The lowest BCUT2D eigenvalue weighted by molar-refractivity contribution is -0.385. The molecule has 0 aromatic carbocycles. The van der Waals surface area contributed by atoms with E-state index in [9.17, 15) is 10.1 Å². The van der Waals surface area contributed by atoms with E-state index >= 15 is 0 Å². The summed E-state index contributed by atoms with van der Waals surface area (Å²) in [5, 5.41) is 13.9. The third-order valence-electron chi connectivity index (χ3n) is 2.75. The Bertz CT molecular complexity index is 464. The van der Waals surface area contributed by atoms with Crippen molar-refractivity contribution in [2.75, 3.05) is 19.7 Å². The quantitative estimate of drug-likeness (QED) is 0.650. The fourth-order valence-electron chi connectivity index (χ4n) is 1.93. The molecule has 1 saturated heterocycles. The van der Waals surface area contributed by atoms with E-state index in [0.29, 0.717) is 13.2 Å². The molecule has 1 aromatic heterocycles. The molecular weight excluding hydrogens is 250 g/mol. The highest BCUT2D eigenvalue weighted by Gasteiger charge is 2.28. The van der Waals surface area contributed by atoms with Crippen LogP contribution in [0.15, 0.2) is 18.3 Å². The van der Waals surface area contributed by atoms with Crippen LogP contribution in [-0.4, -0.2) is 41.3 Å². The van der Waals surface area contributed by atoms with Gasteiger partial charge in [-0.1, -0.05) is 0 Å². The highest BCUT2D eigenvalue weighted by Crippen LogP contribution is 2.18. The molecule has 1 fully saturated rings. The lowest BCUT2D eigenvalue weighted by atomic mass is 10.1. The highest BCUT2D eigenvalue weighted by molar-refractivity contribution is 5.32. The molecule has 1 aromatic rings. The van der Waals surface area contributed by atoms with Gasteiger partial charge in [0, 0.05) is 25.4 Å². The van der Waals surface area contributed by atoms with Crippen molar-refractivity contribution in [2.45, 2.75) is 25.6 Å². The molecule has 0 aliphatic carbocycles. The zero-order valence-corrected chi connectivity index (χ0v) is 11.0. The molecule has 2 heterocycles. The van der Waals surface area contributed by atoms with Gasteiger partial charge in [-0.05, 0) is 13.8 Å². The predicted octanol–water partition coefficient (Wildman–Crippen LogP) is 1.14. The first-order valence-electron chi connectivity index (χ1n) is 6.08. The van der Waals surface area contributed by atoms with Gasteiger partial charge >= 0.3 is 0 Å². The van der Waals surface area contributed by atoms with Crippen LogP contribution in [0.4, 0.5) is 5.69 Å². The second-order valence-electron chi connectivity index (χ2n) is 5.05. The van der Waals surface area contributed by atoms with Gasteiger partial charge in [0.15, 0.2) is 0 Å². The van der Waals surface area contributed by atoms with Gasteiger partial charge in [-0.15, -0.1) is 0 Å². The lowest BCUT2D eigenvalue weighted by Crippen LogP contribution is -2.52. The van der Waals surface area contributed by atoms with Crippen molar-refractivity contribution >= 4 is 5.69 Å². The number of nitro groups is 1. The largest absolute Gasteiger partial charge is 0.475 e. The summed E-state index contributed by atoms with van der Waals surface area (Å²) in [6.07, 6.45) is 1.27. The zero-order chi connectivity index (χ0) is 13.9. The Morgan fingerprint density at radius 2 is 2.47 bits per heavy atom. The number of pyridine rings is 1. The smallest absolute Gasteiger partial charge is 0.276 e. The number of hydrogen-bond acceptors (Lipinski definition) is 6. The van der Waals surface area contributed by atoms with Crippen LogP contribution in [0, 0.1) is 10.1 Å². The van der Waals surface area contributed by atoms with Gasteiger partial charge in [0.25, 0.3) is 5.69 Å². The molecule has 7 nitrogen and oxygen atoms in total. The number of morpholine rings is 1. The van der Waals surface area contributed by atoms with Crippen LogP contribution in [0.1, 0.15) is 13.8 Å². The molecule has 1 aliphatic rings. The Labute approximate surface area is 111 Å². The first-order chi connectivity index (χ1) is 8.96. The summed E-state index contributed by atoms with van der Waals surface area (Å²) in [6.45, 7) is 5.79. The van der Waals surface area contributed by atoms with Gasteiger partial charge in [-0.3, -0.25) is 10.1 Å². The summed E-state index contributed by atoms with van der Waals surface area (Å²) in [7, 11) is 0. The van der Waals surface area contributed by atoms with Crippen LogP contribution < -0.4 is 10.1 Å². The van der Waals surface area contributed by atoms with Crippen molar-refractivity contribution in [1.82, 2.24) is 10.3 Å². The minimum atomic E-state index is -0.476. The molecule has 0 amide bonds. The van der Waals surface area contributed by atoms with Gasteiger partial charge in [-0.2, -0.15) is 0 Å². The molecule has 2 rings (SSSR count). The van der Waals surface area contributed by atoms with Gasteiger partial charge in [-0.25, -0.2) is 4.98 Å². The molecule has 1 unspecified atom stereocenters. The molecule has 1 atom stereocenters. The van der Waals surface area contributed by atoms with E-state index < -0.39 is 4.92 Å². The Morgan fingerprint density at radius 3 is 3.16 bits per heavy atom. The van der Waals surface area contributed by atoms with Crippen molar-refractivity contribution in [2.24, 2.45) is 0 Å². The Morgan fingerprint density at radius 1 is 1.68 bits per heavy atom. The molecule has 0 spiro atoms. The van der Waals surface area contributed by atoms with E-state index in [1.54, 1.807) is 0 Å². The molecule has 0 radical (unpaired) electrons. The first-order valence-corrected chi connectivity index (χ1v) is 6.08. The summed E-state index contributed by atoms with van der Waals surface area (Å²) < 4.78 is 11.3. The second-order valence-corrected chi connectivity index (χ2v) is 5.05. The van der Waals surface area contributed by atoms with E-state index in [0.717, 1.165) is 6.54 Å². The average Bonchev–Trinajstić information content (AvgIpc) is 2.35. The van der Waals surface area contributed by atoms with E-state index in [-0.39, 0.29) is 23.3 Å². The maximum absolute atomic E-state index is 10.6. The van der Waals surface area contributed by atoms with Crippen LogP contribution >= 0.6 is 0 Å². The molecule has 19 heavy (non-hydrogen) atoms. The summed E-state index contributed by atoms with van der Waals surface area (Å²) in [6, 6.07) is 2.63. The average molecular weight is 267 g/mol. The number of aromatic nitrogens is 1. The fourth-order valence-corrected chi connectivity index (χ4v) is 1.93. The maximum atomic E-state index is 10.6. The van der Waals surface area contributed by atoms with Crippen LogP contribution in [0.5, 0.6) is 5.88 Å². The van der Waals surface area contributed by atoms with Crippen LogP contribution in [0.3, 0.4) is 0 Å². The Hall–Kier alpha value is -1.73. The van der Waals surface area contributed by atoms with Crippen LogP contribution in [0.25, 0.3) is 0 Å². The minimum Gasteiger partial charge on any atom is -0.475 e. The van der Waals surface area contributed by atoms with Crippen molar-refractivity contribution in [3.63, 3.8) is 0 Å². The lowest BCUT2D eigenvalue weighted by Gasteiger charge is -2.36. The standard InChI is InChI=1S/C12H17N3O4/c1-12(2)8-13-6-10(19-12)7-18-11-5-9(15(16)17)3-4-14-11/h3-5,10,13H,6-8H2,1-2H3. The van der Waals surface area contributed by atoms with Gasteiger partial charge in [0.1, 0.15) is 12.7 Å². The van der Waals surface area contributed by atoms with Crippen LogP contribution in [0.2, 0.25) is 0 Å². The van der Waals surface area contributed by atoms with E-state index in [4.69, 9.17) is 9.47 Å². The number of hydrogen-bond donors (Lipinski definition) is 1. The molecule has 7 heteroatoms. The molecular formula is C12H17N3O4. The third kappa shape index (κ3) is 3.87. The Kier molecular flexibility index (Phi) is 3.96. The molecule has 0 saturated carbocycles. The normalized spacial score (nSPS) is 21.9.